The van der Waals surface area contributed by atoms with Crippen LogP contribution in [-0.2, 0) is 13.1 Å². The zero-order chi connectivity index (χ0) is 14.5. The summed E-state index contributed by atoms with van der Waals surface area (Å²) in [5.74, 6) is 0.907. The van der Waals surface area contributed by atoms with Gasteiger partial charge in [-0.2, -0.15) is 0 Å². The van der Waals surface area contributed by atoms with Gasteiger partial charge in [0.2, 0.25) is 0 Å². The Morgan fingerprint density at radius 1 is 1.45 bits per heavy atom. The molecule has 2 rings (SSSR count). The Balaban J connectivity index is 2.01. The van der Waals surface area contributed by atoms with Crippen molar-refractivity contribution in [1.29, 1.82) is 0 Å². The number of rotatable bonds is 6. The number of hydrogen-bond acceptors (Lipinski definition) is 3. The Labute approximate surface area is 118 Å². The highest BCUT2D eigenvalue weighted by atomic mass is 19.1. The number of aryl methyl sites for hydroxylation is 1. The van der Waals surface area contributed by atoms with E-state index in [-0.39, 0.29) is 17.6 Å². The highest BCUT2D eigenvalue weighted by Crippen LogP contribution is 2.21. The van der Waals surface area contributed by atoms with Gasteiger partial charge in [0.05, 0.1) is 13.7 Å². The Kier molecular flexibility index (Phi) is 4.74. The van der Waals surface area contributed by atoms with Gasteiger partial charge in [-0.05, 0) is 31.5 Å². The van der Waals surface area contributed by atoms with E-state index in [0.717, 1.165) is 17.9 Å². The van der Waals surface area contributed by atoms with E-state index in [1.54, 1.807) is 12.3 Å². The van der Waals surface area contributed by atoms with Crippen LogP contribution in [0.1, 0.15) is 31.3 Å². The van der Waals surface area contributed by atoms with Gasteiger partial charge >= 0.3 is 0 Å². The van der Waals surface area contributed by atoms with Gasteiger partial charge < -0.3 is 14.6 Å². The highest BCUT2D eigenvalue weighted by Gasteiger charge is 2.10. The quantitative estimate of drug-likeness (QED) is 0.882. The Bertz CT molecular complexity index is 568. The summed E-state index contributed by atoms with van der Waals surface area (Å²) in [6, 6.07) is 5.06. The maximum absolute atomic E-state index is 13.7. The molecule has 0 aliphatic rings. The minimum Gasteiger partial charge on any atom is -0.494 e. The molecule has 1 N–H and O–H groups in total. The predicted octanol–water partition coefficient (Wildman–Crippen LogP) is 2.90. The van der Waals surface area contributed by atoms with Crippen molar-refractivity contribution in [2.45, 2.75) is 33.0 Å². The number of benzene rings is 1. The van der Waals surface area contributed by atoms with Crippen LogP contribution in [0.2, 0.25) is 0 Å². The molecule has 20 heavy (non-hydrogen) atoms. The number of nitrogens with one attached hydrogen (secondary N) is 1. The SMILES string of the molecule is CCn1ccnc1CNC(C)c1ccc(OC)c(F)c1. The molecule has 0 aliphatic heterocycles. The van der Waals surface area contributed by atoms with E-state index in [1.165, 1.54) is 13.2 Å². The number of aromatic nitrogens is 2. The summed E-state index contributed by atoms with van der Waals surface area (Å²) in [7, 11) is 1.46. The second-order valence-corrected chi connectivity index (χ2v) is 4.63. The summed E-state index contributed by atoms with van der Waals surface area (Å²) in [6.45, 7) is 5.62. The molecule has 0 saturated heterocycles. The smallest absolute Gasteiger partial charge is 0.165 e. The summed E-state index contributed by atoms with van der Waals surface area (Å²) in [4.78, 5) is 4.30. The average molecular weight is 277 g/mol. The topological polar surface area (TPSA) is 39.1 Å². The number of ether oxygens (including phenoxy) is 1. The van der Waals surface area contributed by atoms with Crippen LogP contribution in [0.25, 0.3) is 0 Å². The molecule has 108 valence electrons. The first-order chi connectivity index (χ1) is 9.65. The molecule has 5 heteroatoms. The molecule has 1 atom stereocenters. The zero-order valence-electron chi connectivity index (χ0n) is 12.1. The molecule has 0 saturated carbocycles. The third-order valence-electron chi connectivity index (χ3n) is 3.38. The molecule has 4 nitrogen and oxygen atoms in total. The first-order valence-corrected chi connectivity index (χ1v) is 6.72. The van der Waals surface area contributed by atoms with Crippen LogP contribution in [0, 0.1) is 5.82 Å². The third-order valence-corrected chi connectivity index (χ3v) is 3.38. The van der Waals surface area contributed by atoms with Gasteiger partial charge in [0.1, 0.15) is 5.82 Å². The van der Waals surface area contributed by atoms with E-state index in [1.807, 2.05) is 19.2 Å². The van der Waals surface area contributed by atoms with Gasteiger partial charge in [0, 0.05) is 25.0 Å². The molecular formula is C15H20FN3O. The van der Waals surface area contributed by atoms with Crippen molar-refractivity contribution in [1.82, 2.24) is 14.9 Å². The normalized spacial score (nSPS) is 12.4. The number of halogens is 1. The Morgan fingerprint density at radius 2 is 2.25 bits per heavy atom. The van der Waals surface area contributed by atoms with Gasteiger partial charge in [-0.15, -0.1) is 0 Å². The molecule has 0 fully saturated rings. The fourth-order valence-electron chi connectivity index (χ4n) is 2.11. The van der Waals surface area contributed by atoms with Gasteiger partial charge in [0.15, 0.2) is 11.6 Å². The van der Waals surface area contributed by atoms with Gasteiger partial charge in [-0.25, -0.2) is 9.37 Å². The molecule has 0 spiro atoms. The lowest BCUT2D eigenvalue weighted by molar-refractivity contribution is 0.385. The number of imidazole rings is 1. The molecule has 1 unspecified atom stereocenters. The predicted molar refractivity (Wildman–Crippen MR) is 76.1 cm³/mol. The lowest BCUT2D eigenvalue weighted by atomic mass is 10.1. The summed E-state index contributed by atoms with van der Waals surface area (Å²) in [5.41, 5.74) is 0.887. The number of nitrogens with zero attached hydrogens (tertiary/aromatic N) is 2. The lowest BCUT2D eigenvalue weighted by Crippen LogP contribution is -2.20. The van der Waals surface area contributed by atoms with E-state index in [4.69, 9.17) is 4.74 Å². The van der Waals surface area contributed by atoms with Gasteiger partial charge in [-0.3, -0.25) is 0 Å². The monoisotopic (exact) mass is 277 g/mol. The van der Waals surface area contributed by atoms with Crippen LogP contribution in [-0.4, -0.2) is 16.7 Å². The summed E-state index contributed by atoms with van der Waals surface area (Å²) in [5, 5.41) is 3.35. The Morgan fingerprint density at radius 3 is 2.90 bits per heavy atom. The second-order valence-electron chi connectivity index (χ2n) is 4.63. The molecule has 0 bridgehead atoms. The molecule has 0 radical (unpaired) electrons. The van der Waals surface area contributed by atoms with Crippen molar-refractivity contribution >= 4 is 0 Å². The van der Waals surface area contributed by atoms with E-state index in [9.17, 15) is 4.39 Å². The van der Waals surface area contributed by atoms with Crippen LogP contribution in [0.15, 0.2) is 30.6 Å². The standard InChI is InChI=1S/C15H20FN3O/c1-4-19-8-7-17-15(19)10-18-11(2)12-5-6-14(20-3)13(16)9-12/h5-9,11,18H,4,10H2,1-3H3. The lowest BCUT2D eigenvalue weighted by Gasteiger charge is -2.15. The number of hydrogen-bond donors (Lipinski definition) is 1. The maximum Gasteiger partial charge on any atom is 0.165 e. The molecule has 0 amide bonds. The van der Waals surface area contributed by atoms with Crippen molar-refractivity contribution in [3.05, 3.63) is 47.8 Å². The fraction of sp³-hybridized carbons (Fsp3) is 0.400. The van der Waals surface area contributed by atoms with E-state index in [0.29, 0.717) is 6.54 Å². The average Bonchev–Trinajstić information content (AvgIpc) is 2.92. The number of methoxy groups -OCH3 is 1. The van der Waals surface area contributed by atoms with Crippen LogP contribution in [0.3, 0.4) is 0 Å². The molecule has 2 aromatic rings. The van der Waals surface area contributed by atoms with E-state index < -0.39 is 0 Å². The summed E-state index contributed by atoms with van der Waals surface area (Å²) >= 11 is 0. The van der Waals surface area contributed by atoms with Crippen molar-refractivity contribution in [2.24, 2.45) is 0 Å². The van der Waals surface area contributed by atoms with Crippen LogP contribution in [0.5, 0.6) is 5.75 Å². The van der Waals surface area contributed by atoms with Crippen molar-refractivity contribution < 1.29 is 9.13 Å². The maximum atomic E-state index is 13.7. The molecule has 1 aromatic heterocycles. The third kappa shape index (κ3) is 3.17. The second kappa shape index (κ2) is 6.52. The first kappa shape index (κ1) is 14.5. The minimum atomic E-state index is -0.339. The van der Waals surface area contributed by atoms with E-state index in [2.05, 4.69) is 21.8 Å². The minimum absolute atomic E-state index is 0.0393. The summed E-state index contributed by atoms with van der Waals surface area (Å²) < 4.78 is 20.7. The van der Waals surface area contributed by atoms with Crippen molar-refractivity contribution in [3.8, 4) is 5.75 Å². The molecular weight excluding hydrogens is 257 g/mol. The highest BCUT2D eigenvalue weighted by molar-refractivity contribution is 5.30. The van der Waals surface area contributed by atoms with Crippen LogP contribution >= 0.6 is 0 Å². The van der Waals surface area contributed by atoms with Gasteiger partial charge in [0.25, 0.3) is 0 Å². The zero-order valence-corrected chi connectivity index (χ0v) is 12.1. The fourth-order valence-corrected chi connectivity index (χ4v) is 2.11. The van der Waals surface area contributed by atoms with Crippen molar-refractivity contribution in [3.63, 3.8) is 0 Å². The molecule has 1 aromatic carbocycles. The largest absolute Gasteiger partial charge is 0.494 e. The van der Waals surface area contributed by atoms with E-state index >= 15 is 0 Å². The van der Waals surface area contributed by atoms with Crippen molar-refractivity contribution in [2.75, 3.05) is 7.11 Å². The Hall–Kier alpha value is -1.88. The molecule has 0 aliphatic carbocycles. The first-order valence-electron chi connectivity index (χ1n) is 6.72. The summed E-state index contributed by atoms with van der Waals surface area (Å²) in [6.07, 6.45) is 3.74. The molecule has 1 heterocycles. The van der Waals surface area contributed by atoms with Crippen LogP contribution in [0.4, 0.5) is 4.39 Å². The van der Waals surface area contributed by atoms with Gasteiger partial charge in [-0.1, -0.05) is 6.07 Å². The van der Waals surface area contributed by atoms with Crippen LogP contribution < -0.4 is 10.1 Å².